The van der Waals surface area contributed by atoms with Gasteiger partial charge in [-0.2, -0.15) is 0 Å². The highest BCUT2D eigenvalue weighted by atomic mass is 16.2. The van der Waals surface area contributed by atoms with Crippen molar-refractivity contribution in [2.75, 3.05) is 17.2 Å². The third-order valence-electron chi connectivity index (χ3n) is 4.65. The minimum atomic E-state index is -0.150. The van der Waals surface area contributed by atoms with Gasteiger partial charge < -0.3 is 10.6 Å². The Balaban J connectivity index is 1.58. The highest BCUT2D eigenvalue weighted by Crippen LogP contribution is 2.18. The fourth-order valence-electron chi connectivity index (χ4n) is 3.23. The Bertz CT molecular complexity index is 826. The molecule has 2 N–H and O–H groups in total. The maximum Gasteiger partial charge on any atom is 0.255 e. The minimum Gasteiger partial charge on any atom is -0.326 e. The Kier molecular flexibility index (Phi) is 6.04. The van der Waals surface area contributed by atoms with E-state index in [0.717, 1.165) is 19.5 Å². The van der Waals surface area contributed by atoms with Crippen molar-refractivity contribution in [1.29, 1.82) is 0 Å². The number of hydrogen-bond donors (Lipinski definition) is 2. The summed E-state index contributed by atoms with van der Waals surface area (Å²) in [6, 6.07) is 15.3. The summed E-state index contributed by atoms with van der Waals surface area (Å²) >= 11 is 0. The van der Waals surface area contributed by atoms with Gasteiger partial charge in [0.05, 0.1) is 0 Å². The molecule has 27 heavy (non-hydrogen) atoms. The maximum absolute atomic E-state index is 12.4. The van der Waals surface area contributed by atoms with Gasteiger partial charge in [-0.1, -0.05) is 31.2 Å². The standard InChI is InChI=1S/C22H25N3O2/c1-3-21-5-4-14-25(21)15-17-6-8-18(9-7-17)22(27)24-20-12-10-19(11-13-20)23-16(2)26/h4-13,21H,3,14-15H2,1-2H3,(H,23,26)(H,24,27)/t21-/m0/s1. The second-order valence-electron chi connectivity index (χ2n) is 6.74. The van der Waals surface area contributed by atoms with Crippen molar-refractivity contribution in [1.82, 2.24) is 4.90 Å². The predicted molar refractivity (Wildman–Crippen MR) is 109 cm³/mol. The summed E-state index contributed by atoms with van der Waals surface area (Å²) < 4.78 is 0. The average Bonchev–Trinajstić information content (AvgIpc) is 3.10. The molecule has 5 nitrogen and oxygen atoms in total. The first-order chi connectivity index (χ1) is 13.0. The normalized spacial score (nSPS) is 16.3. The highest BCUT2D eigenvalue weighted by Gasteiger charge is 2.17. The van der Waals surface area contributed by atoms with Crippen LogP contribution in [0.4, 0.5) is 11.4 Å². The van der Waals surface area contributed by atoms with Crippen molar-refractivity contribution in [3.8, 4) is 0 Å². The number of amides is 2. The third kappa shape index (κ3) is 5.05. The number of carbonyl (C=O) groups is 2. The van der Waals surface area contributed by atoms with Crippen LogP contribution in [0.2, 0.25) is 0 Å². The molecule has 0 bridgehead atoms. The molecule has 0 aromatic heterocycles. The summed E-state index contributed by atoms with van der Waals surface area (Å²) in [5.41, 5.74) is 3.21. The lowest BCUT2D eigenvalue weighted by Crippen LogP contribution is -2.28. The van der Waals surface area contributed by atoms with Crippen molar-refractivity contribution in [3.63, 3.8) is 0 Å². The lowest BCUT2D eigenvalue weighted by molar-refractivity contribution is -0.114. The molecular formula is C22H25N3O2. The fourth-order valence-corrected chi connectivity index (χ4v) is 3.23. The summed E-state index contributed by atoms with van der Waals surface area (Å²) in [7, 11) is 0. The van der Waals surface area contributed by atoms with E-state index >= 15 is 0 Å². The first kappa shape index (κ1) is 18.9. The zero-order chi connectivity index (χ0) is 19.2. The van der Waals surface area contributed by atoms with E-state index in [2.05, 4.69) is 34.6 Å². The Morgan fingerprint density at radius 2 is 1.63 bits per heavy atom. The van der Waals surface area contributed by atoms with Crippen molar-refractivity contribution < 1.29 is 9.59 Å². The number of nitrogens with one attached hydrogen (secondary N) is 2. The van der Waals surface area contributed by atoms with E-state index in [1.54, 1.807) is 24.3 Å². The molecule has 0 spiro atoms. The number of benzene rings is 2. The van der Waals surface area contributed by atoms with Crippen LogP contribution in [-0.4, -0.2) is 29.3 Å². The van der Waals surface area contributed by atoms with Crippen LogP contribution in [0, 0.1) is 0 Å². The molecule has 140 valence electrons. The van der Waals surface area contributed by atoms with Gasteiger partial charge in [0.25, 0.3) is 5.91 Å². The Hall–Kier alpha value is -2.92. The predicted octanol–water partition coefficient (Wildman–Crippen LogP) is 4.05. The second kappa shape index (κ2) is 8.64. The van der Waals surface area contributed by atoms with E-state index in [1.807, 2.05) is 24.3 Å². The van der Waals surface area contributed by atoms with Crippen LogP contribution in [0.25, 0.3) is 0 Å². The van der Waals surface area contributed by atoms with Gasteiger partial charge in [-0.15, -0.1) is 0 Å². The van der Waals surface area contributed by atoms with Crippen LogP contribution < -0.4 is 10.6 Å². The first-order valence-electron chi connectivity index (χ1n) is 9.24. The van der Waals surface area contributed by atoms with Crippen LogP contribution in [0.5, 0.6) is 0 Å². The highest BCUT2D eigenvalue weighted by molar-refractivity contribution is 6.04. The average molecular weight is 363 g/mol. The Morgan fingerprint density at radius 1 is 1.00 bits per heavy atom. The summed E-state index contributed by atoms with van der Waals surface area (Å²) in [6.45, 7) is 5.53. The van der Waals surface area contributed by atoms with E-state index in [-0.39, 0.29) is 11.8 Å². The van der Waals surface area contributed by atoms with E-state index in [9.17, 15) is 9.59 Å². The van der Waals surface area contributed by atoms with Gasteiger partial charge >= 0.3 is 0 Å². The lowest BCUT2D eigenvalue weighted by atomic mass is 10.1. The molecular weight excluding hydrogens is 338 g/mol. The molecule has 3 rings (SSSR count). The summed E-state index contributed by atoms with van der Waals surface area (Å²) in [6.07, 6.45) is 5.59. The Morgan fingerprint density at radius 3 is 2.22 bits per heavy atom. The summed E-state index contributed by atoms with van der Waals surface area (Å²) in [4.78, 5) is 25.9. The molecule has 1 aliphatic heterocycles. The van der Waals surface area contributed by atoms with Gasteiger partial charge in [0.2, 0.25) is 5.91 Å². The summed E-state index contributed by atoms with van der Waals surface area (Å²) in [5.74, 6) is -0.273. The van der Waals surface area contributed by atoms with Crippen LogP contribution >= 0.6 is 0 Å². The van der Waals surface area contributed by atoms with Gasteiger partial charge in [0.1, 0.15) is 0 Å². The molecule has 0 saturated carbocycles. The van der Waals surface area contributed by atoms with E-state index in [0.29, 0.717) is 23.0 Å². The largest absolute Gasteiger partial charge is 0.326 e. The van der Waals surface area contributed by atoms with Gasteiger partial charge in [0.15, 0.2) is 0 Å². The first-order valence-corrected chi connectivity index (χ1v) is 9.24. The lowest BCUT2D eigenvalue weighted by Gasteiger charge is -2.23. The third-order valence-corrected chi connectivity index (χ3v) is 4.65. The topological polar surface area (TPSA) is 61.4 Å². The molecule has 1 aliphatic rings. The minimum absolute atomic E-state index is 0.123. The van der Waals surface area contributed by atoms with Gasteiger partial charge in [-0.25, -0.2) is 0 Å². The molecule has 0 unspecified atom stereocenters. The van der Waals surface area contributed by atoms with E-state index in [1.165, 1.54) is 12.5 Å². The van der Waals surface area contributed by atoms with Crippen LogP contribution in [-0.2, 0) is 11.3 Å². The smallest absolute Gasteiger partial charge is 0.255 e. The van der Waals surface area contributed by atoms with E-state index < -0.39 is 0 Å². The monoisotopic (exact) mass is 363 g/mol. The van der Waals surface area contributed by atoms with Gasteiger partial charge in [-0.3, -0.25) is 14.5 Å². The number of rotatable bonds is 6. The van der Waals surface area contributed by atoms with Crippen LogP contribution in [0.1, 0.15) is 36.2 Å². The number of anilines is 2. The van der Waals surface area contributed by atoms with Crippen molar-refractivity contribution in [3.05, 3.63) is 71.8 Å². The molecule has 1 heterocycles. The molecule has 0 radical (unpaired) electrons. The molecule has 0 aliphatic carbocycles. The van der Waals surface area contributed by atoms with Crippen LogP contribution in [0.15, 0.2) is 60.7 Å². The van der Waals surface area contributed by atoms with Crippen molar-refractivity contribution >= 4 is 23.2 Å². The van der Waals surface area contributed by atoms with E-state index in [4.69, 9.17) is 0 Å². The molecule has 0 fully saturated rings. The molecule has 1 atom stereocenters. The summed E-state index contributed by atoms with van der Waals surface area (Å²) in [5, 5.41) is 5.58. The number of carbonyl (C=O) groups excluding carboxylic acids is 2. The molecule has 5 heteroatoms. The maximum atomic E-state index is 12.4. The van der Waals surface area contributed by atoms with Crippen molar-refractivity contribution in [2.45, 2.75) is 32.9 Å². The van der Waals surface area contributed by atoms with Gasteiger partial charge in [0, 0.05) is 43.0 Å². The van der Waals surface area contributed by atoms with Crippen molar-refractivity contribution in [2.24, 2.45) is 0 Å². The molecule has 2 amide bonds. The number of nitrogens with zero attached hydrogens (tertiary/aromatic N) is 1. The zero-order valence-electron chi connectivity index (χ0n) is 15.7. The van der Waals surface area contributed by atoms with Crippen LogP contribution in [0.3, 0.4) is 0 Å². The molecule has 0 saturated heterocycles. The van der Waals surface area contributed by atoms with Gasteiger partial charge in [-0.05, 0) is 48.4 Å². The second-order valence-corrected chi connectivity index (χ2v) is 6.74. The number of hydrogen-bond acceptors (Lipinski definition) is 3. The molecule has 2 aromatic rings. The Labute approximate surface area is 160 Å². The zero-order valence-corrected chi connectivity index (χ0v) is 15.7. The molecule has 2 aromatic carbocycles. The quantitative estimate of drug-likeness (QED) is 0.761. The fraction of sp³-hybridized carbons (Fsp3) is 0.273. The SMILES string of the molecule is CC[C@H]1C=CCN1Cc1ccc(C(=O)Nc2ccc(NC(C)=O)cc2)cc1.